The summed E-state index contributed by atoms with van der Waals surface area (Å²) in [5.74, 6) is -0.00625. The van der Waals surface area contributed by atoms with Gasteiger partial charge in [-0.2, -0.15) is 0 Å². The zero-order valence-electron chi connectivity index (χ0n) is 9.28. The second kappa shape index (κ2) is 6.29. The SMILES string of the molecule is N=[N+]=NC[C@H](C1CC1)[C@@H](O)C(CO)NC(=O)O. The summed E-state index contributed by atoms with van der Waals surface area (Å²) in [6.07, 6.45) is -0.421. The van der Waals surface area contributed by atoms with Gasteiger partial charge in [0.1, 0.15) is 17.2 Å². The summed E-state index contributed by atoms with van der Waals surface area (Å²) in [5, 5.41) is 33.2. The Hall–Kier alpha value is -1.50. The van der Waals surface area contributed by atoms with Crippen LogP contribution in [-0.4, -0.2) is 46.7 Å². The third-order valence-corrected chi connectivity index (χ3v) is 2.95. The Bertz CT molecular complexity index is 314. The van der Waals surface area contributed by atoms with Crippen molar-refractivity contribution in [3.05, 3.63) is 0 Å². The predicted octanol–water partition coefficient (Wildman–Crippen LogP) is -0.448. The summed E-state index contributed by atoms with van der Waals surface area (Å²) >= 11 is 0. The van der Waals surface area contributed by atoms with Gasteiger partial charge in [0.25, 0.3) is 0 Å². The van der Waals surface area contributed by atoms with Crippen molar-refractivity contribution in [2.75, 3.05) is 13.2 Å². The van der Waals surface area contributed by atoms with E-state index >= 15 is 0 Å². The summed E-state index contributed by atoms with van der Waals surface area (Å²) < 4.78 is 0. The van der Waals surface area contributed by atoms with Crippen LogP contribution in [0.25, 0.3) is 0 Å². The first kappa shape index (κ1) is 13.6. The number of amides is 1. The molecule has 1 aliphatic carbocycles. The minimum Gasteiger partial charge on any atom is -0.465 e. The average molecular weight is 245 g/mol. The van der Waals surface area contributed by atoms with Crippen LogP contribution < -0.4 is 10.2 Å². The topological polar surface area (TPSA) is 140 Å². The number of carbonyl (C=O) groups is 1. The minimum atomic E-state index is -1.29. The number of nitrogens with zero attached hydrogens (tertiary/aromatic N) is 2. The minimum absolute atomic E-state index is 0.174. The van der Waals surface area contributed by atoms with E-state index in [0.29, 0.717) is 0 Å². The fraction of sp³-hybridized carbons (Fsp3) is 0.889. The van der Waals surface area contributed by atoms with E-state index in [0.717, 1.165) is 12.8 Å². The molecule has 96 valence electrons. The number of aliphatic hydroxyl groups is 2. The number of nitrogens with one attached hydrogen (secondary N) is 2. The van der Waals surface area contributed by atoms with Gasteiger partial charge in [0.2, 0.25) is 4.91 Å². The van der Waals surface area contributed by atoms with E-state index in [-0.39, 0.29) is 18.4 Å². The standard InChI is InChI=1S/C9H16N4O4/c10-13-11-3-6(5-1-2-5)8(15)7(4-14)12-9(16)17/h5-8,10,12,14-15H,1-4H2/p+1/t6-,7?,8-/m1/s1. The van der Waals surface area contributed by atoms with Crippen molar-refractivity contribution in [3.63, 3.8) is 0 Å². The maximum absolute atomic E-state index is 10.5. The lowest BCUT2D eigenvalue weighted by atomic mass is 9.92. The van der Waals surface area contributed by atoms with Crippen molar-refractivity contribution in [2.45, 2.75) is 25.0 Å². The second-order valence-electron chi connectivity index (χ2n) is 4.15. The van der Waals surface area contributed by atoms with E-state index in [1.54, 1.807) is 0 Å². The van der Waals surface area contributed by atoms with Crippen LogP contribution in [-0.2, 0) is 0 Å². The van der Waals surface area contributed by atoms with E-state index in [1.165, 1.54) is 0 Å². The molecule has 0 bridgehead atoms. The van der Waals surface area contributed by atoms with Gasteiger partial charge in [-0.3, -0.25) is 0 Å². The van der Waals surface area contributed by atoms with E-state index in [1.807, 2.05) is 0 Å². The smallest absolute Gasteiger partial charge is 0.405 e. The second-order valence-corrected chi connectivity index (χ2v) is 4.15. The molecule has 17 heavy (non-hydrogen) atoms. The van der Waals surface area contributed by atoms with Crippen LogP contribution in [0.1, 0.15) is 12.8 Å². The average Bonchev–Trinajstić information content (AvgIpc) is 3.10. The molecule has 0 aromatic rings. The lowest BCUT2D eigenvalue weighted by Gasteiger charge is -2.26. The van der Waals surface area contributed by atoms with Crippen LogP contribution >= 0.6 is 0 Å². The monoisotopic (exact) mass is 245 g/mol. The summed E-state index contributed by atoms with van der Waals surface area (Å²) in [5.41, 5.74) is 6.58. The van der Waals surface area contributed by atoms with E-state index in [4.69, 9.17) is 15.7 Å². The normalized spacial score (nSPS) is 19.9. The van der Waals surface area contributed by atoms with Gasteiger partial charge in [0, 0.05) is 5.92 Å². The lowest BCUT2D eigenvalue weighted by molar-refractivity contribution is 0.0381. The molecule has 5 N–H and O–H groups in total. The molecule has 3 atom stereocenters. The highest BCUT2D eigenvalue weighted by Gasteiger charge is 2.40. The lowest BCUT2D eigenvalue weighted by Crippen LogP contribution is -2.49. The van der Waals surface area contributed by atoms with Crippen LogP contribution in [0.15, 0.2) is 5.11 Å². The molecule has 1 unspecified atom stereocenters. The van der Waals surface area contributed by atoms with Crippen molar-refractivity contribution in [2.24, 2.45) is 17.0 Å². The Morgan fingerprint density at radius 3 is 2.65 bits per heavy atom. The molecule has 0 aromatic carbocycles. The van der Waals surface area contributed by atoms with Crippen molar-refractivity contribution in [1.82, 2.24) is 10.2 Å². The number of aliphatic hydroxyl groups excluding tert-OH is 2. The molecule has 0 spiro atoms. The first-order valence-corrected chi connectivity index (χ1v) is 5.41. The molecular formula is C9H17N4O4+. The molecular weight excluding hydrogens is 228 g/mol. The van der Waals surface area contributed by atoms with Gasteiger partial charge in [-0.1, -0.05) is 0 Å². The number of hydrogen-bond donors (Lipinski definition) is 5. The van der Waals surface area contributed by atoms with Gasteiger partial charge in [-0.25, -0.2) is 4.79 Å². The molecule has 0 aliphatic heterocycles. The Labute approximate surface area is 97.9 Å². The first-order valence-electron chi connectivity index (χ1n) is 5.41. The predicted molar refractivity (Wildman–Crippen MR) is 56.4 cm³/mol. The van der Waals surface area contributed by atoms with Crippen molar-refractivity contribution >= 4 is 6.09 Å². The highest BCUT2D eigenvalue weighted by Crippen LogP contribution is 2.39. The molecule has 1 saturated carbocycles. The van der Waals surface area contributed by atoms with Crippen LogP contribution in [0, 0.1) is 17.4 Å². The van der Waals surface area contributed by atoms with Crippen LogP contribution in [0.2, 0.25) is 0 Å². The third kappa shape index (κ3) is 4.10. The molecule has 8 heteroatoms. The van der Waals surface area contributed by atoms with Crippen molar-refractivity contribution in [3.8, 4) is 0 Å². The Kier molecular flexibility index (Phi) is 5.02. The molecule has 0 saturated heterocycles. The highest BCUT2D eigenvalue weighted by molar-refractivity contribution is 5.64. The zero-order valence-corrected chi connectivity index (χ0v) is 9.28. The Morgan fingerprint density at radius 1 is 1.59 bits per heavy atom. The quantitative estimate of drug-likeness (QED) is 0.306. The molecule has 1 rings (SSSR count). The van der Waals surface area contributed by atoms with Gasteiger partial charge in [0.05, 0.1) is 18.8 Å². The van der Waals surface area contributed by atoms with E-state index < -0.39 is 24.8 Å². The molecule has 1 fully saturated rings. The van der Waals surface area contributed by atoms with Crippen molar-refractivity contribution in [1.29, 1.82) is 5.53 Å². The first-order chi connectivity index (χ1) is 8.10. The summed E-state index contributed by atoms with van der Waals surface area (Å²) in [6.45, 7) is -0.304. The van der Waals surface area contributed by atoms with Gasteiger partial charge < -0.3 is 20.6 Å². The van der Waals surface area contributed by atoms with Gasteiger partial charge in [-0.15, -0.1) is 0 Å². The zero-order chi connectivity index (χ0) is 12.8. The van der Waals surface area contributed by atoms with Gasteiger partial charge in [-0.05, 0) is 18.8 Å². The fourth-order valence-corrected chi connectivity index (χ4v) is 1.89. The molecule has 0 aromatic heterocycles. The largest absolute Gasteiger partial charge is 0.465 e. The summed E-state index contributed by atoms with van der Waals surface area (Å²) in [4.78, 5) is 13.4. The van der Waals surface area contributed by atoms with Gasteiger partial charge >= 0.3 is 6.09 Å². The summed E-state index contributed by atoms with van der Waals surface area (Å²) in [6, 6.07) is -0.931. The number of carboxylic acid groups (broad SMARTS) is 1. The number of hydrogen-bond acceptors (Lipinski definition) is 5. The molecule has 1 aliphatic rings. The maximum atomic E-state index is 10.5. The van der Waals surface area contributed by atoms with E-state index in [9.17, 15) is 9.90 Å². The van der Waals surface area contributed by atoms with Crippen LogP contribution in [0.3, 0.4) is 0 Å². The third-order valence-electron chi connectivity index (χ3n) is 2.95. The molecule has 8 nitrogen and oxygen atoms in total. The fourth-order valence-electron chi connectivity index (χ4n) is 1.89. The van der Waals surface area contributed by atoms with Crippen molar-refractivity contribution < 1.29 is 20.1 Å². The molecule has 1 amide bonds. The van der Waals surface area contributed by atoms with E-state index in [2.05, 4.69) is 15.3 Å². The molecule has 0 radical (unpaired) electrons. The maximum Gasteiger partial charge on any atom is 0.405 e. The molecule has 0 heterocycles. The Morgan fingerprint density at radius 2 is 2.24 bits per heavy atom. The highest BCUT2D eigenvalue weighted by atomic mass is 16.4. The van der Waals surface area contributed by atoms with Gasteiger partial charge in [0.15, 0.2) is 0 Å². The van der Waals surface area contributed by atoms with Crippen LogP contribution in [0.5, 0.6) is 0 Å². The Balaban J connectivity index is 2.63. The number of rotatable bonds is 7. The van der Waals surface area contributed by atoms with Crippen LogP contribution in [0.4, 0.5) is 4.79 Å². The summed E-state index contributed by atoms with van der Waals surface area (Å²) in [7, 11) is 0.